The second-order valence-corrected chi connectivity index (χ2v) is 3.85. The van der Waals surface area contributed by atoms with E-state index in [1.807, 2.05) is 0 Å². The van der Waals surface area contributed by atoms with Crippen molar-refractivity contribution >= 4 is 29.5 Å². The maximum Gasteiger partial charge on any atom is 0.195 e. The first-order valence-corrected chi connectivity index (χ1v) is 4.87. The van der Waals surface area contributed by atoms with Crippen molar-refractivity contribution in [3.05, 3.63) is 16.1 Å². The van der Waals surface area contributed by atoms with Crippen LogP contribution in [0.15, 0.2) is 5.51 Å². The van der Waals surface area contributed by atoms with E-state index in [9.17, 15) is 4.79 Å². The second kappa shape index (κ2) is 4.17. The van der Waals surface area contributed by atoms with Gasteiger partial charge in [-0.15, -0.1) is 23.7 Å². The average molecular weight is 219 g/mol. The molecule has 2 rings (SSSR count). The van der Waals surface area contributed by atoms with Crippen LogP contribution >= 0.6 is 23.7 Å². The predicted molar refractivity (Wildman–Crippen MR) is 54.7 cm³/mol. The van der Waals surface area contributed by atoms with Crippen LogP contribution in [0.1, 0.15) is 34.1 Å². The first kappa shape index (κ1) is 10.6. The van der Waals surface area contributed by atoms with Crippen LogP contribution in [0.5, 0.6) is 0 Å². The van der Waals surface area contributed by atoms with Crippen molar-refractivity contribution in [2.45, 2.75) is 18.8 Å². The molecule has 0 amide bonds. The summed E-state index contributed by atoms with van der Waals surface area (Å²) >= 11 is 1.58. The van der Waals surface area contributed by atoms with E-state index in [0.29, 0.717) is 11.6 Å². The molecule has 1 aliphatic rings. The van der Waals surface area contributed by atoms with E-state index in [1.54, 1.807) is 16.8 Å². The average Bonchev–Trinajstić information content (AvgIpc) is 2.83. The predicted octanol–water partition coefficient (Wildman–Crippen LogP) is 1.58. The van der Waals surface area contributed by atoms with Crippen LogP contribution in [-0.4, -0.2) is 17.3 Å². The topological polar surface area (TPSA) is 56.0 Å². The van der Waals surface area contributed by atoms with Crippen LogP contribution in [0, 0.1) is 0 Å². The lowest BCUT2D eigenvalue weighted by molar-refractivity contribution is 0.0996. The van der Waals surface area contributed by atoms with E-state index in [2.05, 4.69) is 4.98 Å². The standard InChI is InChI=1S/C8H10N2OS.ClH/c9-3-6(11)7-8(5-1-2-5)12-4-10-7;/h4-5H,1-3,9H2;1H. The van der Waals surface area contributed by atoms with Gasteiger partial charge in [0.2, 0.25) is 0 Å². The van der Waals surface area contributed by atoms with Gasteiger partial charge in [0.05, 0.1) is 12.1 Å². The molecule has 0 radical (unpaired) electrons. The van der Waals surface area contributed by atoms with Gasteiger partial charge in [0.15, 0.2) is 5.78 Å². The molecule has 0 aromatic carbocycles. The van der Waals surface area contributed by atoms with Crippen molar-refractivity contribution in [1.82, 2.24) is 4.98 Å². The van der Waals surface area contributed by atoms with Crippen molar-refractivity contribution in [1.29, 1.82) is 0 Å². The fraction of sp³-hybridized carbons (Fsp3) is 0.500. The molecule has 2 N–H and O–H groups in total. The normalized spacial score (nSPS) is 15.2. The van der Waals surface area contributed by atoms with Gasteiger partial charge in [-0.2, -0.15) is 0 Å². The Kier molecular flexibility index (Phi) is 3.41. The Bertz CT molecular complexity index is 309. The molecule has 3 nitrogen and oxygen atoms in total. The highest BCUT2D eigenvalue weighted by Crippen LogP contribution is 2.43. The van der Waals surface area contributed by atoms with Crippen LogP contribution in [-0.2, 0) is 0 Å². The molecule has 0 bridgehead atoms. The maximum atomic E-state index is 11.2. The second-order valence-electron chi connectivity index (χ2n) is 2.97. The fourth-order valence-electron chi connectivity index (χ4n) is 1.20. The number of nitrogens with zero attached hydrogens (tertiary/aromatic N) is 1. The van der Waals surface area contributed by atoms with Crippen LogP contribution in [0.2, 0.25) is 0 Å². The fourth-order valence-corrected chi connectivity index (χ4v) is 2.17. The lowest BCUT2D eigenvalue weighted by Gasteiger charge is -1.95. The molecule has 1 saturated carbocycles. The Morgan fingerprint density at radius 3 is 2.92 bits per heavy atom. The van der Waals surface area contributed by atoms with Gasteiger partial charge in [-0.1, -0.05) is 0 Å². The molecular weight excluding hydrogens is 208 g/mol. The van der Waals surface area contributed by atoms with E-state index >= 15 is 0 Å². The molecule has 1 fully saturated rings. The third-order valence-corrected chi connectivity index (χ3v) is 2.98. The smallest absolute Gasteiger partial charge is 0.195 e. The Balaban J connectivity index is 0.000000845. The van der Waals surface area contributed by atoms with Crippen molar-refractivity contribution in [2.75, 3.05) is 6.54 Å². The van der Waals surface area contributed by atoms with Crippen LogP contribution in [0.25, 0.3) is 0 Å². The third-order valence-electron chi connectivity index (χ3n) is 1.99. The van der Waals surface area contributed by atoms with E-state index in [0.717, 1.165) is 4.88 Å². The Morgan fingerprint density at radius 1 is 1.69 bits per heavy atom. The van der Waals surface area contributed by atoms with E-state index in [1.165, 1.54) is 12.8 Å². The number of ketones is 1. The number of thiazole rings is 1. The Labute approximate surface area is 86.8 Å². The summed E-state index contributed by atoms with van der Waals surface area (Å²) in [5.41, 5.74) is 7.62. The zero-order valence-electron chi connectivity index (χ0n) is 7.03. The molecule has 0 unspecified atom stereocenters. The minimum absolute atomic E-state index is 0. The minimum atomic E-state index is -0.0295. The largest absolute Gasteiger partial charge is 0.324 e. The summed E-state index contributed by atoms with van der Waals surface area (Å²) in [5, 5.41) is 0. The summed E-state index contributed by atoms with van der Waals surface area (Å²) in [4.78, 5) is 16.4. The molecule has 1 heterocycles. The number of halogens is 1. The van der Waals surface area contributed by atoms with Gasteiger partial charge >= 0.3 is 0 Å². The molecule has 1 aromatic heterocycles. The molecule has 72 valence electrons. The number of hydrogen-bond donors (Lipinski definition) is 1. The molecular formula is C8H11ClN2OS. The lowest BCUT2D eigenvalue weighted by Crippen LogP contribution is -2.15. The number of rotatable bonds is 3. The molecule has 0 saturated heterocycles. The van der Waals surface area contributed by atoms with E-state index in [4.69, 9.17) is 5.73 Å². The Morgan fingerprint density at radius 2 is 2.38 bits per heavy atom. The molecule has 5 heteroatoms. The van der Waals surface area contributed by atoms with Crippen molar-refractivity contribution < 1.29 is 4.79 Å². The van der Waals surface area contributed by atoms with Gasteiger partial charge in [-0.3, -0.25) is 4.79 Å². The summed E-state index contributed by atoms with van der Waals surface area (Å²) in [5.74, 6) is 0.571. The molecule has 1 aliphatic carbocycles. The first-order chi connectivity index (χ1) is 5.83. The highest BCUT2D eigenvalue weighted by atomic mass is 35.5. The molecule has 0 spiro atoms. The van der Waals surface area contributed by atoms with Crippen LogP contribution in [0.3, 0.4) is 0 Å². The van der Waals surface area contributed by atoms with Crippen LogP contribution < -0.4 is 5.73 Å². The number of aromatic nitrogens is 1. The zero-order valence-corrected chi connectivity index (χ0v) is 8.66. The minimum Gasteiger partial charge on any atom is -0.324 e. The molecule has 1 aromatic rings. The number of hydrogen-bond acceptors (Lipinski definition) is 4. The number of carbonyl (C=O) groups is 1. The monoisotopic (exact) mass is 218 g/mol. The van der Waals surface area contributed by atoms with E-state index in [-0.39, 0.29) is 24.7 Å². The number of Topliss-reactive ketones (excluding diaryl/α,β-unsaturated/α-hetero) is 1. The maximum absolute atomic E-state index is 11.2. The lowest BCUT2D eigenvalue weighted by atomic mass is 10.2. The van der Waals surface area contributed by atoms with Gasteiger partial charge in [-0.25, -0.2) is 4.98 Å². The van der Waals surface area contributed by atoms with Crippen molar-refractivity contribution in [2.24, 2.45) is 5.73 Å². The number of carbonyl (C=O) groups excluding carboxylic acids is 1. The zero-order chi connectivity index (χ0) is 8.55. The highest BCUT2D eigenvalue weighted by molar-refractivity contribution is 7.10. The summed E-state index contributed by atoms with van der Waals surface area (Å²) in [6.07, 6.45) is 2.40. The summed E-state index contributed by atoms with van der Waals surface area (Å²) in [6.45, 7) is 0.0729. The highest BCUT2D eigenvalue weighted by Gasteiger charge is 2.29. The molecule has 0 aliphatic heterocycles. The van der Waals surface area contributed by atoms with Crippen molar-refractivity contribution in [3.63, 3.8) is 0 Å². The van der Waals surface area contributed by atoms with Gasteiger partial charge in [-0.05, 0) is 18.8 Å². The summed E-state index contributed by atoms with van der Waals surface area (Å²) in [7, 11) is 0. The van der Waals surface area contributed by atoms with E-state index < -0.39 is 0 Å². The quantitative estimate of drug-likeness (QED) is 0.784. The first-order valence-electron chi connectivity index (χ1n) is 3.99. The van der Waals surface area contributed by atoms with Gasteiger partial charge in [0, 0.05) is 4.88 Å². The number of nitrogens with two attached hydrogens (primary N) is 1. The van der Waals surface area contributed by atoms with Gasteiger partial charge < -0.3 is 5.73 Å². The van der Waals surface area contributed by atoms with Crippen molar-refractivity contribution in [3.8, 4) is 0 Å². The summed E-state index contributed by atoms with van der Waals surface area (Å²) < 4.78 is 0. The Hall–Kier alpha value is -0.450. The molecule has 0 atom stereocenters. The molecule has 13 heavy (non-hydrogen) atoms. The summed E-state index contributed by atoms with van der Waals surface area (Å²) in [6, 6.07) is 0. The van der Waals surface area contributed by atoms with Gasteiger partial charge in [0.25, 0.3) is 0 Å². The van der Waals surface area contributed by atoms with Crippen LogP contribution in [0.4, 0.5) is 0 Å². The SMILES string of the molecule is Cl.NCC(=O)c1ncsc1C1CC1. The van der Waals surface area contributed by atoms with Gasteiger partial charge in [0.1, 0.15) is 5.69 Å². The third kappa shape index (κ3) is 2.07.